The van der Waals surface area contributed by atoms with Gasteiger partial charge in [0.1, 0.15) is 0 Å². The molecule has 2 aromatic carbocycles. The third kappa shape index (κ3) is 3.14. The largest absolute Gasteiger partial charge is 0.354 e. The van der Waals surface area contributed by atoms with Gasteiger partial charge in [-0.1, -0.05) is 60.7 Å². The van der Waals surface area contributed by atoms with Crippen LogP contribution in [0, 0.1) is 0 Å². The van der Waals surface area contributed by atoms with Crippen molar-refractivity contribution in [2.24, 2.45) is 0 Å². The Morgan fingerprint density at radius 3 is 1.26 bits per heavy atom. The fourth-order valence-corrected chi connectivity index (χ4v) is 4.24. The molecule has 0 atom stereocenters. The summed E-state index contributed by atoms with van der Waals surface area (Å²) >= 11 is 1.79. The maximum absolute atomic E-state index is 3.54. The number of aromatic amines is 2. The van der Waals surface area contributed by atoms with Crippen molar-refractivity contribution in [3.05, 3.63) is 97.1 Å². The van der Waals surface area contributed by atoms with Gasteiger partial charge in [-0.2, -0.15) is 0 Å². The number of aromatic nitrogens is 2. The maximum Gasteiger partial charge on any atom is 0.0560 e. The van der Waals surface area contributed by atoms with E-state index in [2.05, 4.69) is 94.9 Å². The predicted octanol–water partition coefficient (Wildman–Crippen LogP) is 7.07. The zero-order valence-corrected chi connectivity index (χ0v) is 15.5. The van der Waals surface area contributed by atoms with Crippen LogP contribution >= 0.6 is 11.3 Å². The highest BCUT2D eigenvalue weighted by atomic mass is 32.1. The van der Waals surface area contributed by atoms with Crippen LogP contribution in [-0.2, 0) is 0 Å². The molecule has 0 saturated carbocycles. The molecule has 0 aliphatic carbocycles. The molecule has 0 aliphatic rings. The molecular formula is C24H18N2S. The van der Waals surface area contributed by atoms with Crippen LogP contribution in [0.5, 0.6) is 0 Å². The summed E-state index contributed by atoms with van der Waals surface area (Å²) in [6, 6.07) is 33.8. The van der Waals surface area contributed by atoms with E-state index >= 15 is 0 Å². The summed E-state index contributed by atoms with van der Waals surface area (Å²) in [7, 11) is 0. The zero-order valence-electron chi connectivity index (χ0n) is 14.6. The van der Waals surface area contributed by atoms with Crippen LogP contribution in [0.1, 0.15) is 0 Å². The van der Waals surface area contributed by atoms with Crippen molar-refractivity contribution < 1.29 is 0 Å². The Hall–Kier alpha value is -3.30. The average molecular weight is 366 g/mol. The molecule has 0 unspecified atom stereocenters. The van der Waals surface area contributed by atoms with Crippen molar-refractivity contribution in [2.75, 3.05) is 0 Å². The highest BCUT2D eigenvalue weighted by molar-refractivity contribution is 7.18. The van der Waals surface area contributed by atoms with E-state index < -0.39 is 0 Å². The second-order valence-corrected chi connectivity index (χ2v) is 7.55. The van der Waals surface area contributed by atoms with Gasteiger partial charge in [-0.3, -0.25) is 0 Å². The first-order valence-corrected chi connectivity index (χ1v) is 9.78. The standard InChI is InChI=1S/C24H18N2S/c1-3-7-17(8-4-1)19-11-13-21(25-19)23-15-16-24(27-23)22-14-12-20(26-22)18-9-5-2-6-10-18/h1-16,25-26H. The first-order chi connectivity index (χ1) is 13.4. The van der Waals surface area contributed by atoms with Crippen LogP contribution in [0.25, 0.3) is 43.7 Å². The van der Waals surface area contributed by atoms with E-state index in [4.69, 9.17) is 0 Å². The molecule has 3 heteroatoms. The lowest BCUT2D eigenvalue weighted by molar-refractivity contribution is 1.41. The molecule has 0 fully saturated rings. The van der Waals surface area contributed by atoms with Gasteiger partial charge in [0.25, 0.3) is 0 Å². The van der Waals surface area contributed by atoms with Crippen LogP contribution in [0.2, 0.25) is 0 Å². The van der Waals surface area contributed by atoms with Gasteiger partial charge in [0.15, 0.2) is 0 Å². The fourth-order valence-electron chi connectivity index (χ4n) is 3.28. The minimum atomic E-state index is 1.15. The highest BCUT2D eigenvalue weighted by Gasteiger charge is 2.10. The Morgan fingerprint density at radius 2 is 0.815 bits per heavy atom. The molecular weight excluding hydrogens is 348 g/mol. The summed E-state index contributed by atoms with van der Waals surface area (Å²) in [5, 5.41) is 0. The van der Waals surface area contributed by atoms with Crippen molar-refractivity contribution in [3.63, 3.8) is 0 Å². The Labute approximate surface area is 162 Å². The Bertz CT molecular complexity index is 1070. The molecule has 2 N–H and O–H groups in total. The van der Waals surface area contributed by atoms with Gasteiger partial charge >= 0.3 is 0 Å². The monoisotopic (exact) mass is 366 g/mol. The Balaban J connectivity index is 1.42. The Kier molecular flexibility index (Phi) is 4.00. The van der Waals surface area contributed by atoms with Crippen molar-refractivity contribution in [1.29, 1.82) is 0 Å². The SMILES string of the molecule is c1ccc(-c2ccc(-c3ccc(-c4ccc(-c5ccccc5)[nH]4)s3)[nH]2)cc1. The summed E-state index contributed by atoms with van der Waals surface area (Å²) in [6.07, 6.45) is 0. The molecule has 0 saturated heterocycles. The number of nitrogens with one attached hydrogen (secondary N) is 2. The first kappa shape index (κ1) is 15.9. The van der Waals surface area contributed by atoms with E-state index in [1.165, 1.54) is 20.9 Å². The molecule has 27 heavy (non-hydrogen) atoms. The van der Waals surface area contributed by atoms with E-state index in [1.807, 2.05) is 12.1 Å². The molecule has 5 rings (SSSR count). The molecule has 3 heterocycles. The van der Waals surface area contributed by atoms with Gasteiger partial charge in [0, 0.05) is 11.4 Å². The molecule has 0 radical (unpaired) electrons. The lowest BCUT2D eigenvalue weighted by Crippen LogP contribution is -1.77. The number of H-pyrrole nitrogens is 2. The molecule has 0 bridgehead atoms. The van der Waals surface area contributed by atoms with Crippen LogP contribution in [0.4, 0.5) is 0 Å². The summed E-state index contributed by atoms with van der Waals surface area (Å²) in [5.41, 5.74) is 7.01. The highest BCUT2D eigenvalue weighted by Crippen LogP contribution is 2.35. The molecule has 0 amide bonds. The van der Waals surface area contributed by atoms with Crippen LogP contribution in [0.15, 0.2) is 97.1 Å². The van der Waals surface area contributed by atoms with E-state index in [0.717, 1.165) is 22.8 Å². The van der Waals surface area contributed by atoms with Gasteiger partial charge in [0.05, 0.1) is 21.1 Å². The van der Waals surface area contributed by atoms with E-state index in [0.29, 0.717) is 0 Å². The molecule has 0 aliphatic heterocycles. The minimum absolute atomic E-state index is 1.15. The van der Waals surface area contributed by atoms with E-state index in [1.54, 1.807) is 11.3 Å². The normalized spacial score (nSPS) is 11.0. The van der Waals surface area contributed by atoms with Gasteiger partial charge in [-0.05, 0) is 47.5 Å². The van der Waals surface area contributed by atoms with Gasteiger partial charge in [-0.15, -0.1) is 11.3 Å². The first-order valence-electron chi connectivity index (χ1n) is 8.96. The topological polar surface area (TPSA) is 31.6 Å². The third-order valence-electron chi connectivity index (χ3n) is 4.68. The molecule has 130 valence electrons. The minimum Gasteiger partial charge on any atom is -0.354 e. The van der Waals surface area contributed by atoms with Crippen LogP contribution in [0.3, 0.4) is 0 Å². The van der Waals surface area contributed by atoms with Gasteiger partial charge in [0.2, 0.25) is 0 Å². The van der Waals surface area contributed by atoms with Gasteiger partial charge in [-0.25, -0.2) is 0 Å². The number of hydrogen-bond donors (Lipinski definition) is 2. The maximum atomic E-state index is 3.54. The van der Waals surface area contributed by atoms with Gasteiger partial charge < -0.3 is 9.97 Å². The zero-order chi connectivity index (χ0) is 18.1. The number of benzene rings is 2. The van der Waals surface area contributed by atoms with Crippen molar-refractivity contribution in [1.82, 2.24) is 9.97 Å². The fraction of sp³-hybridized carbons (Fsp3) is 0. The molecule has 5 aromatic rings. The quantitative estimate of drug-likeness (QED) is 0.341. The third-order valence-corrected chi connectivity index (χ3v) is 5.83. The lowest BCUT2D eigenvalue weighted by Gasteiger charge is -1.98. The van der Waals surface area contributed by atoms with Crippen molar-refractivity contribution in [3.8, 4) is 43.7 Å². The van der Waals surface area contributed by atoms with Crippen LogP contribution < -0.4 is 0 Å². The van der Waals surface area contributed by atoms with E-state index in [9.17, 15) is 0 Å². The lowest BCUT2D eigenvalue weighted by atomic mass is 10.2. The van der Waals surface area contributed by atoms with Crippen molar-refractivity contribution in [2.45, 2.75) is 0 Å². The summed E-state index contributed by atoms with van der Waals surface area (Å²) in [5.74, 6) is 0. The van der Waals surface area contributed by atoms with Crippen molar-refractivity contribution >= 4 is 11.3 Å². The summed E-state index contributed by atoms with van der Waals surface area (Å²) in [6.45, 7) is 0. The Morgan fingerprint density at radius 1 is 0.407 bits per heavy atom. The summed E-state index contributed by atoms with van der Waals surface area (Å²) in [4.78, 5) is 9.56. The number of hydrogen-bond acceptors (Lipinski definition) is 1. The second kappa shape index (κ2) is 6.78. The predicted molar refractivity (Wildman–Crippen MR) is 115 cm³/mol. The second-order valence-electron chi connectivity index (χ2n) is 6.47. The number of rotatable bonds is 4. The smallest absolute Gasteiger partial charge is 0.0560 e. The summed E-state index contributed by atoms with van der Waals surface area (Å²) < 4.78 is 0. The molecule has 0 spiro atoms. The number of thiophene rings is 1. The average Bonchev–Trinajstić information content (AvgIpc) is 3.49. The molecule has 3 aromatic heterocycles. The van der Waals surface area contributed by atoms with Crippen LogP contribution in [-0.4, -0.2) is 9.97 Å². The van der Waals surface area contributed by atoms with E-state index in [-0.39, 0.29) is 0 Å². The molecule has 2 nitrogen and oxygen atoms in total.